The summed E-state index contributed by atoms with van der Waals surface area (Å²) in [5.74, 6) is -0.722. The summed E-state index contributed by atoms with van der Waals surface area (Å²) in [6.45, 7) is 2.26. The van der Waals surface area contributed by atoms with Crippen molar-refractivity contribution in [3.63, 3.8) is 0 Å². The normalized spacial score (nSPS) is 15.5. The molecule has 2 aromatic carbocycles. The molecule has 0 saturated carbocycles. The van der Waals surface area contributed by atoms with Crippen molar-refractivity contribution in [1.29, 1.82) is 0 Å². The first-order chi connectivity index (χ1) is 14.3. The number of benzene rings is 2. The first-order valence-electron chi connectivity index (χ1n) is 9.36. The van der Waals surface area contributed by atoms with Gasteiger partial charge >= 0.3 is 0 Å². The van der Waals surface area contributed by atoms with Crippen LogP contribution in [0.2, 0.25) is 0 Å². The lowest BCUT2D eigenvalue weighted by Gasteiger charge is -2.33. The lowest BCUT2D eigenvalue weighted by molar-refractivity contribution is 0.0702. The number of thiophene rings is 1. The topological polar surface area (TPSA) is 74.8 Å². The van der Waals surface area contributed by atoms with Gasteiger partial charge in [-0.15, -0.1) is 11.3 Å². The molecule has 0 atom stereocenters. The number of Topliss-reactive ketones (excluding diaryl/α,β-unsaturated/α-hetero) is 1. The van der Waals surface area contributed by atoms with Gasteiger partial charge in [-0.2, -0.15) is 4.31 Å². The van der Waals surface area contributed by atoms with E-state index in [1.807, 2.05) is 0 Å². The van der Waals surface area contributed by atoms with Gasteiger partial charge in [0.05, 0.1) is 9.77 Å². The molecule has 9 heteroatoms. The molecule has 0 spiro atoms. The third-order valence-corrected chi connectivity index (χ3v) is 8.14. The summed E-state index contributed by atoms with van der Waals surface area (Å²) in [5, 5.41) is 0.418. The number of amides is 1. The number of rotatable bonds is 4. The molecule has 3 aromatic rings. The Morgan fingerprint density at radius 2 is 1.67 bits per heavy atom. The number of carbonyl (C=O) groups is 2. The maximum absolute atomic E-state index is 13.9. The average Bonchev–Trinajstić information content (AvgIpc) is 3.19. The average molecular weight is 447 g/mol. The van der Waals surface area contributed by atoms with Crippen LogP contribution in [0.4, 0.5) is 4.39 Å². The lowest BCUT2D eigenvalue weighted by Crippen LogP contribution is -2.50. The molecule has 1 aliphatic heterocycles. The Morgan fingerprint density at radius 1 is 1.00 bits per heavy atom. The Bertz CT molecular complexity index is 1230. The highest BCUT2D eigenvalue weighted by Crippen LogP contribution is 2.29. The van der Waals surface area contributed by atoms with Crippen LogP contribution in [-0.2, 0) is 10.0 Å². The minimum atomic E-state index is -3.71. The molecule has 1 saturated heterocycles. The quantitative estimate of drug-likeness (QED) is 0.576. The van der Waals surface area contributed by atoms with Gasteiger partial charge in [0.15, 0.2) is 5.78 Å². The fourth-order valence-electron chi connectivity index (χ4n) is 3.43. The van der Waals surface area contributed by atoms with E-state index >= 15 is 0 Å². The monoisotopic (exact) mass is 446 g/mol. The molecule has 0 N–H and O–H groups in total. The van der Waals surface area contributed by atoms with Crippen LogP contribution in [0.1, 0.15) is 27.0 Å². The summed E-state index contributed by atoms with van der Waals surface area (Å²) in [6.07, 6.45) is 0. The van der Waals surface area contributed by atoms with Gasteiger partial charge in [-0.1, -0.05) is 18.2 Å². The number of hydrogen-bond acceptors (Lipinski definition) is 5. The molecule has 0 radical (unpaired) electrons. The summed E-state index contributed by atoms with van der Waals surface area (Å²) < 4.78 is 41.7. The van der Waals surface area contributed by atoms with Crippen LogP contribution in [0.5, 0.6) is 0 Å². The molecule has 1 aromatic heterocycles. The molecule has 156 valence electrons. The van der Waals surface area contributed by atoms with Crippen LogP contribution < -0.4 is 0 Å². The van der Waals surface area contributed by atoms with Crippen LogP contribution in [0, 0.1) is 5.82 Å². The summed E-state index contributed by atoms with van der Waals surface area (Å²) in [5.41, 5.74) is 0.448. The molecule has 6 nitrogen and oxygen atoms in total. The van der Waals surface area contributed by atoms with E-state index < -0.39 is 10.0 Å². The van der Waals surface area contributed by atoms with Gasteiger partial charge < -0.3 is 4.90 Å². The first-order valence-corrected chi connectivity index (χ1v) is 11.6. The summed E-state index contributed by atoms with van der Waals surface area (Å²) in [4.78, 5) is 26.4. The van der Waals surface area contributed by atoms with Crippen molar-refractivity contribution in [3.8, 4) is 0 Å². The molecule has 1 aliphatic rings. The lowest BCUT2D eigenvalue weighted by atomic mass is 10.2. The molecule has 30 heavy (non-hydrogen) atoms. The molecule has 0 bridgehead atoms. The van der Waals surface area contributed by atoms with Crippen molar-refractivity contribution in [2.45, 2.75) is 11.8 Å². The van der Waals surface area contributed by atoms with Crippen LogP contribution in [-0.4, -0.2) is 55.5 Å². The molecule has 1 amide bonds. The van der Waals surface area contributed by atoms with E-state index in [0.29, 0.717) is 20.5 Å². The van der Waals surface area contributed by atoms with Gasteiger partial charge in [0.2, 0.25) is 10.0 Å². The van der Waals surface area contributed by atoms with Gasteiger partial charge in [-0.05, 0) is 37.3 Å². The standard InChI is InChI=1S/C21H19FN2O4S2/c1-14(25)15-5-7-16(8-6-15)30(27,28)24-11-9-23(10-12-24)21(26)20-13-17-18(22)3-2-4-19(17)29-20/h2-8,13H,9-12H2,1H3. The smallest absolute Gasteiger partial charge is 0.264 e. The summed E-state index contributed by atoms with van der Waals surface area (Å²) in [6, 6.07) is 12.1. The van der Waals surface area contributed by atoms with Crippen molar-refractivity contribution in [2.75, 3.05) is 26.2 Å². The molecule has 2 heterocycles. The first kappa shape index (κ1) is 20.6. The van der Waals surface area contributed by atoms with Gasteiger partial charge in [0.1, 0.15) is 5.82 Å². The second-order valence-electron chi connectivity index (χ2n) is 7.04. The Hall–Kier alpha value is -2.62. The number of nitrogens with zero attached hydrogens (tertiary/aromatic N) is 2. The second-order valence-corrected chi connectivity index (χ2v) is 10.1. The predicted octanol–water partition coefficient (Wildman–Crippen LogP) is 3.39. The zero-order valence-corrected chi connectivity index (χ0v) is 17.8. The SMILES string of the molecule is CC(=O)c1ccc(S(=O)(=O)N2CCN(C(=O)c3cc4c(F)cccc4s3)CC2)cc1. The highest BCUT2D eigenvalue weighted by Gasteiger charge is 2.31. The van der Waals surface area contributed by atoms with Crippen molar-refractivity contribution < 1.29 is 22.4 Å². The van der Waals surface area contributed by atoms with Gasteiger partial charge in [0.25, 0.3) is 5.91 Å². The van der Waals surface area contributed by atoms with Gasteiger partial charge in [0, 0.05) is 41.8 Å². The van der Waals surface area contributed by atoms with E-state index in [1.165, 1.54) is 52.9 Å². The molecule has 0 unspecified atom stereocenters. The van der Waals surface area contributed by atoms with Gasteiger partial charge in [-0.3, -0.25) is 9.59 Å². The Labute approximate surface area is 177 Å². The van der Waals surface area contributed by atoms with E-state index in [2.05, 4.69) is 0 Å². The third-order valence-electron chi connectivity index (χ3n) is 5.14. The number of carbonyl (C=O) groups excluding carboxylic acids is 2. The minimum absolute atomic E-state index is 0.118. The van der Waals surface area contributed by atoms with E-state index in [4.69, 9.17) is 0 Å². The highest BCUT2D eigenvalue weighted by atomic mass is 32.2. The van der Waals surface area contributed by atoms with E-state index in [0.717, 1.165) is 0 Å². The molecule has 1 fully saturated rings. The molecule has 4 rings (SSSR count). The Balaban J connectivity index is 1.46. The second kappa shape index (κ2) is 7.90. The van der Waals surface area contributed by atoms with Crippen molar-refractivity contribution in [3.05, 3.63) is 64.8 Å². The fraction of sp³-hybridized carbons (Fsp3) is 0.238. The Kier molecular flexibility index (Phi) is 5.44. The van der Waals surface area contributed by atoms with Crippen molar-refractivity contribution in [2.24, 2.45) is 0 Å². The minimum Gasteiger partial charge on any atom is -0.335 e. The zero-order valence-electron chi connectivity index (χ0n) is 16.2. The van der Waals surface area contributed by atoms with Crippen molar-refractivity contribution in [1.82, 2.24) is 9.21 Å². The number of ketones is 1. The van der Waals surface area contributed by atoms with E-state index in [9.17, 15) is 22.4 Å². The van der Waals surface area contributed by atoms with E-state index in [-0.39, 0.29) is 48.6 Å². The number of hydrogen-bond donors (Lipinski definition) is 0. The maximum atomic E-state index is 13.9. The highest BCUT2D eigenvalue weighted by molar-refractivity contribution is 7.89. The number of halogens is 1. The number of fused-ring (bicyclic) bond motifs is 1. The molecule has 0 aliphatic carbocycles. The molecular formula is C21H19FN2O4S2. The Morgan fingerprint density at radius 3 is 2.27 bits per heavy atom. The van der Waals surface area contributed by atoms with Crippen LogP contribution >= 0.6 is 11.3 Å². The zero-order chi connectivity index (χ0) is 21.5. The summed E-state index contributed by atoms with van der Waals surface area (Å²) in [7, 11) is -3.71. The maximum Gasteiger partial charge on any atom is 0.264 e. The predicted molar refractivity (Wildman–Crippen MR) is 113 cm³/mol. The third kappa shape index (κ3) is 3.76. The largest absolute Gasteiger partial charge is 0.335 e. The van der Waals surface area contributed by atoms with Crippen LogP contribution in [0.25, 0.3) is 10.1 Å². The van der Waals surface area contributed by atoms with E-state index in [1.54, 1.807) is 23.1 Å². The number of sulfonamides is 1. The number of piperazine rings is 1. The molecular weight excluding hydrogens is 427 g/mol. The van der Waals surface area contributed by atoms with Gasteiger partial charge in [-0.25, -0.2) is 12.8 Å². The van der Waals surface area contributed by atoms with Crippen LogP contribution in [0.15, 0.2) is 53.4 Å². The van der Waals surface area contributed by atoms with Crippen molar-refractivity contribution >= 4 is 43.1 Å². The summed E-state index contributed by atoms with van der Waals surface area (Å²) >= 11 is 1.23. The van der Waals surface area contributed by atoms with Crippen LogP contribution in [0.3, 0.4) is 0 Å². The fourth-order valence-corrected chi connectivity index (χ4v) is 5.89.